The number of nitrogens with zero attached hydrogens (tertiary/aromatic N) is 2. The van der Waals surface area contributed by atoms with Crippen LogP contribution >= 0.6 is 0 Å². The van der Waals surface area contributed by atoms with Crippen LogP contribution in [0.5, 0.6) is 5.75 Å². The van der Waals surface area contributed by atoms with E-state index in [-0.39, 0.29) is 0 Å². The molecule has 1 fully saturated rings. The summed E-state index contributed by atoms with van der Waals surface area (Å²) >= 11 is 0. The summed E-state index contributed by atoms with van der Waals surface area (Å²) in [6.07, 6.45) is 2.48. The number of ether oxygens (including phenoxy) is 1. The standard InChI is InChI=1S/C13H21N3O.C2H6/c1-10-7-12(17-3)8-13(15-10)16-6-4-5-11(16)9-14-2;1-2/h7-8,11,14H,4-6,9H2,1-3H3;1-2H3. The number of methoxy groups -OCH3 is 1. The number of likely N-dealkylation sites (N-methyl/N-ethyl adjacent to an activating group) is 1. The van der Waals surface area contributed by atoms with Gasteiger partial charge in [0, 0.05) is 37.0 Å². The van der Waals surface area contributed by atoms with Crippen molar-refractivity contribution in [3.8, 4) is 5.75 Å². The molecule has 108 valence electrons. The fourth-order valence-electron chi connectivity index (χ4n) is 2.47. The zero-order chi connectivity index (χ0) is 14.3. The molecular formula is C15H27N3O. The lowest BCUT2D eigenvalue weighted by Crippen LogP contribution is -2.37. The van der Waals surface area contributed by atoms with Crippen molar-refractivity contribution < 1.29 is 4.74 Å². The Bertz CT molecular complexity index is 382. The Labute approximate surface area is 117 Å². The minimum Gasteiger partial charge on any atom is -0.497 e. The first-order valence-corrected chi connectivity index (χ1v) is 7.18. The molecule has 2 heterocycles. The highest BCUT2D eigenvalue weighted by molar-refractivity contribution is 5.47. The third-order valence-corrected chi connectivity index (χ3v) is 3.26. The molecule has 1 aromatic heterocycles. The van der Waals surface area contributed by atoms with Gasteiger partial charge >= 0.3 is 0 Å². The zero-order valence-corrected chi connectivity index (χ0v) is 12.9. The normalized spacial score (nSPS) is 17.9. The van der Waals surface area contributed by atoms with Gasteiger partial charge in [-0.3, -0.25) is 0 Å². The van der Waals surface area contributed by atoms with Crippen LogP contribution in [0.25, 0.3) is 0 Å². The Hall–Kier alpha value is -1.29. The van der Waals surface area contributed by atoms with E-state index < -0.39 is 0 Å². The summed E-state index contributed by atoms with van der Waals surface area (Å²) in [7, 11) is 3.70. The van der Waals surface area contributed by atoms with Crippen LogP contribution in [0.3, 0.4) is 0 Å². The molecule has 0 aliphatic carbocycles. The Balaban J connectivity index is 0.000000861. The molecule has 0 amide bonds. The van der Waals surface area contributed by atoms with Gasteiger partial charge in [0.25, 0.3) is 0 Å². The second-order valence-electron chi connectivity index (χ2n) is 4.55. The van der Waals surface area contributed by atoms with Gasteiger partial charge in [-0.05, 0) is 26.8 Å². The van der Waals surface area contributed by atoms with Gasteiger partial charge in [0.2, 0.25) is 0 Å². The average Bonchev–Trinajstić information content (AvgIpc) is 2.89. The number of pyridine rings is 1. The SMILES string of the molecule is CC.CNCC1CCCN1c1cc(OC)cc(C)n1. The largest absolute Gasteiger partial charge is 0.497 e. The van der Waals surface area contributed by atoms with Crippen molar-refractivity contribution in [2.24, 2.45) is 0 Å². The van der Waals surface area contributed by atoms with E-state index in [4.69, 9.17) is 4.74 Å². The first-order valence-electron chi connectivity index (χ1n) is 7.18. The fraction of sp³-hybridized carbons (Fsp3) is 0.667. The molecule has 19 heavy (non-hydrogen) atoms. The highest BCUT2D eigenvalue weighted by atomic mass is 16.5. The van der Waals surface area contributed by atoms with Crippen molar-refractivity contribution >= 4 is 5.82 Å². The van der Waals surface area contributed by atoms with Crippen LogP contribution in [0, 0.1) is 6.92 Å². The quantitative estimate of drug-likeness (QED) is 0.908. The maximum Gasteiger partial charge on any atom is 0.132 e. The van der Waals surface area contributed by atoms with E-state index in [9.17, 15) is 0 Å². The van der Waals surface area contributed by atoms with E-state index in [2.05, 4.69) is 15.2 Å². The number of anilines is 1. The minimum atomic E-state index is 0.555. The molecular weight excluding hydrogens is 238 g/mol. The molecule has 0 bridgehead atoms. The second kappa shape index (κ2) is 8.00. The van der Waals surface area contributed by atoms with E-state index in [1.54, 1.807) is 7.11 Å². The molecule has 0 saturated carbocycles. The molecule has 1 aromatic rings. The van der Waals surface area contributed by atoms with Crippen LogP contribution in [0.1, 0.15) is 32.4 Å². The van der Waals surface area contributed by atoms with Gasteiger partial charge in [-0.2, -0.15) is 0 Å². The van der Waals surface area contributed by atoms with Gasteiger partial charge in [0.05, 0.1) is 7.11 Å². The monoisotopic (exact) mass is 265 g/mol. The molecule has 1 unspecified atom stereocenters. The number of rotatable bonds is 4. The first kappa shape index (κ1) is 15.8. The molecule has 0 spiro atoms. The van der Waals surface area contributed by atoms with Gasteiger partial charge in [-0.1, -0.05) is 13.8 Å². The van der Waals surface area contributed by atoms with Crippen LogP contribution in [0.15, 0.2) is 12.1 Å². The lowest BCUT2D eigenvalue weighted by atomic mass is 10.2. The second-order valence-corrected chi connectivity index (χ2v) is 4.55. The van der Waals surface area contributed by atoms with Crippen molar-refractivity contribution in [1.29, 1.82) is 0 Å². The summed E-state index contributed by atoms with van der Waals surface area (Å²) < 4.78 is 5.31. The number of aryl methyl sites for hydroxylation is 1. The molecule has 1 saturated heterocycles. The van der Waals surface area contributed by atoms with Crippen LogP contribution in [-0.2, 0) is 0 Å². The summed E-state index contributed by atoms with van der Waals surface area (Å²) in [5.41, 5.74) is 1.01. The molecule has 1 atom stereocenters. The van der Waals surface area contributed by atoms with E-state index in [0.29, 0.717) is 6.04 Å². The zero-order valence-electron chi connectivity index (χ0n) is 12.9. The Morgan fingerprint density at radius 2 is 2.16 bits per heavy atom. The Kier molecular flexibility index (Phi) is 6.64. The molecule has 4 nitrogen and oxygen atoms in total. The van der Waals surface area contributed by atoms with E-state index in [0.717, 1.165) is 30.4 Å². The fourth-order valence-corrected chi connectivity index (χ4v) is 2.47. The first-order chi connectivity index (χ1) is 9.24. The molecule has 2 rings (SSSR count). The topological polar surface area (TPSA) is 37.4 Å². The van der Waals surface area contributed by atoms with E-state index in [1.807, 2.05) is 40.0 Å². The Morgan fingerprint density at radius 1 is 1.42 bits per heavy atom. The Morgan fingerprint density at radius 3 is 2.79 bits per heavy atom. The van der Waals surface area contributed by atoms with Crippen LogP contribution in [0.2, 0.25) is 0 Å². The number of aromatic nitrogens is 1. The van der Waals surface area contributed by atoms with Gasteiger partial charge < -0.3 is 15.0 Å². The maximum atomic E-state index is 5.31. The summed E-state index contributed by atoms with van der Waals surface area (Å²) in [4.78, 5) is 7.00. The number of nitrogens with one attached hydrogen (secondary N) is 1. The van der Waals surface area contributed by atoms with Crippen LogP contribution in [0.4, 0.5) is 5.82 Å². The average molecular weight is 265 g/mol. The molecule has 1 aliphatic heterocycles. The number of hydrogen-bond donors (Lipinski definition) is 1. The lowest BCUT2D eigenvalue weighted by Gasteiger charge is -2.26. The molecule has 0 aromatic carbocycles. The third kappa shape index (κ3) is 4.10. The van der Waals surface area contributed by atoms with Crippen molar-refractivity contribution in [2.45, 2.75) is 39.7 Å². The van der Waals surface area contributed by atoms with Gasteiger partial charge in [0.15, 0.2) is 0 Å². The van der Waals surface area contributed by atoms with Gasteiger partial charge in [0.1, 0.15) is 11.6 Å². The minimum absolute atomic E-state index is 0.555. The predicted octanol–water partition coefficient (Wildman–Crippen LogP) is 2.61. The van der Waals surface area contributed by atoms with Gasteiger partial charge in [-0.25, -0.2) is 4.98 Å². The van der Waals surface area contributed by atoms with Crippen LogP contribution < -0.4 is 15.0 Å². The van der Waals surface area contributed by atoms with Crippen molar-refractivity contribution in [2.75, 3.05) is 32.1 Å². The van der Waals surface area contributed by atoms with E-state index >= 15 is 0 Å². The third-order valence-electron chi connectivity index (χ3n) is 3.26. The summed E-state index contributed by atoms with van der Waals surface area (Å²) in [6, 6.07) is 4.55. The summed E-state index contributed by atoms with van der Waals surface area (Å²) in [5.74, 6) is 1.93. The summed E-state index contributed by atoms with van der Waals surface area (Å²) in [5, 5.41) is 3.25. The maximum absolute atomic E-state index is 5.31. The van der Waals surface area contributed by atoms with Crippen LogP contribution in [-0.4, -0.2) is 38.3 Å². The predicted molar refractivity (Wildman–Crippen MR) is 81.2 cm³/mol. The van der Waals surface area contributed by atoms with Crippen molar-refractivity contribution in [3.05, 3.63) is 17.8 Å². The molecule has 1 aliphatic rings. The molecule has 0 radical (unpaired) electrons. The molecule has 4 heteroatoms. The smallest absolute Gasteiger partial charge is 0.132 e. The summed E-state index contributed by atoms with van der Waals surface area (Å²) in [6.45, 7) is 8.11. The van der Waals surface area contributed by atoms with Gasteiger partial charge in [-0.15, -0.1) is 0 Å². The van der Waals surface area contributed by atoms with Crippen molar-refractivity contribution in [3.63, 3.8) is 0 Å². The van der Waals surface area contributed by atoms with E-state index in [1.165, 1.54) is 12.8 Å². The lowest BCUT2D eigenvalue weighted by molar-refractivity contribution is 0.413. The van der Waals surface area contributed by atoms with Crippen molar-refractivity contribution in [1.82, 2.24) is 10.3 Å². The highest BCUT2D eigenvalue weighted by Crippen LogP contribution is 2.27. The highest BCUT2D eigenvalue weighted by Gasteiger charge is 2.25. The number of hydrogen-bond acceptors (Lipinski definition) is 4. The molecule has 1 N–H and O–H groups in total.